The van der Waals surface area contributed by atoms with Crippen LogP contribution in [-0.4, -0.2) is 34.8 Å². The van der Waals surface area contributed by atoms with Gasteiger partial charge < -0.3 is 10.2 Å². The highest BCUT2D eigenvalue weighted by Crippen LogP contribution is 2.21. The molecule has 23 heavy (non-hydrogen) atoms. The molecule has 0 aliphatic heterocycles. The molecule has 0 radical (unpaired) electrons. The Balaban J connectivity index is 2.01. The van der Waals surface area contributed by atoms with Gasteiger partial charge in [0.15, 0.2) is 5.13 Å². The Morgan fingerprint density at radius 1 is 1.26 bits per heavy atom. The van der Waals surface area contributed by atoms with E-state index in [1.54, 1.807) is 6.92 Å². The molecule has 1 aromatic heterocycles. The van der Waals surface area contributed by atoms with Crippen LogP contribution in [-0.2, 0) is 4.79 Å². The molecule has 0 aliphatic carbocycles. The number of benzene rings is 1. The second-order valence-electron chi connectivity index (χ2n) is 5.04. The van der Waals surface area contributed by atoms with Crippen molar-refractivity contribution in [2.75, 3.05) is 18.4 Å². The first-order valence-electron chi connectivity index (χ1n) is 7.19. The Kier molecular flexibility index (Phi) is 5.44. The average Bonchev–Trinajstić information content (AvgIpc) is 2.82. The fourth-order valence-corrected chi connectivity index (χ4v) is 2.79. The van der Waals surface area contributed by atoms with E-state index in [9.17, 15) is 14.0 Å². The van der Waals surface area contributed by atoms with E-state index in [1.165, 1.54) is 40.5 Å². The Morgan fingerprint density at radius 2 is 1.91 bits per heavy atom. The van der Waals surface area contributed by atoms with E-state index in [1.807, 2.05) is 13.8 Å². The second kappa shape index (κ2) is 7.32. The normalized spacial score (nSPS) is 10.4. The van der Waals surface area contributed by atoms with Crippen LogP contribution < -0.4 is 5.32 Å². The van der Waals surface area contributed by atoms with Gasteiger partial charge in [0.25, 0.3) is 5.91 Å². The van der Waals surface area contributed by atoms with Crippen molar-refractivity contribution in [1.29, 1.82) is 0 Å². The number of carbonyl (C=O) groups is 2. The summed E-state index contributed by atoms with van der Waals surface area (Å²) in [6.07, 6.45) is 0. The van der Waals surface area contributed by atoms with E-state index < -0.39 is 5.82 Å². The summed E-state index contributed by atoms with van der Waals surface area (Å²) in [7, 11) is 0. The summed E-state index contributed by atoms with van der Waals surface area (Å²) in [5.74, 6) is -1.03. The largest absolute Gasteiger partial charge is 0.330 e. The number of hydrogen-bond acceptors (Lipinski definition) is 4. The number of amides is 2. The zero-order chi connectivity index (χ0) is 17.0. The molecule has 0 saturated carbocycles. The van der Waals surface area contributed by atoms with Crippen LogP contribution in [0, 0.1) is 19.7 Å². The number of rotatable bonds is 5. The van der Waals surface area contributed by atoms with Gasteiger partial charge in [-0.15, -0.1) is 11.3 Å². The summed E-state index contributed by atoms with van der Waals surface area (Å²) in [5.41, 5.74) is 1.22. The highest BCUT2D eigenvalue weighted by atomic mass is 32.1. The molecular weight excluding hydrogens is 317 g/mol. The van der Waals surface area contributed by atoms with Gasteiger partial charge in [-0.2, -0.15) is 0 Å². The van der Waals surface area contributed by atoms with Crippen molar-refractivity contribution < 1.29 is 14.0 Å². The molecule has 1 N–H and O–H groups in total. The number of aryl methyl sites for hydroxylation is 2. The predicted octanol–water partition coefficient (Wildman–Crippen LogP) is 3.00. The van der Waals surface area contributed by atoms with Crippen LogP contribution in [0.15, 0.2) is 24.3 Å². The Hall–Kier alpha value is -2.28. The molecule has 0 saturated heterocycles. The van der Waals surface area contributed by atoms with Crippen molar-refractivity contribution in [3.63, 3.8) is 0 Å². The fraction of sp³-hybridized carbons (Fsp3) is 0.312. The number of nitrogens with one attached hydrogen (secondary N) is 1. The lowest BCUT2D eigenvalue weighted by atomic mass is 10.2. The number of thiazole rings is 1. The van der Waals surface area contributed by atoms with Crippen LogP contribution in [0.3, 0.4) is 0 Å². The highest BCUT2D eigenvalue weighted by Gasteiger charge is 2.18. The van der Waals surface area contributed by atoms with Crippen LogP contribution in [0.1, 0.15) is 27.9 Å². The van der Waals surface area contributed by atoms with Crippen molar-refractivity contribution >= 4 is 28.3 Å². The minimum Gasteiger partial charge on any atom is -0.330 e. The van der Waals surface area contributed by atoms with Crippen LogP contribution in [0.2, 0.25) is 0 Å². The van der Waals surface area contributed by atoms with E-state index in [2.05, 4.69) is 10.3 Å². The molecule has 1 aromatic carbocycles. The quantitative estimate of drug-likeness (QED) is 0.914. The van der Waals surface area contributed by atoms with Crippen LogP contribution in [0.25, 0.3) is 0 Å². The number of halogens is 1. The molecular formula is C16H18FN3O2S. The standard InChI is InChI=1S/C16H18FN3O2S/c1-4-20(15(22)12-5-7-13(17)8-6-12)9-14(21)19-16-18-10(2)11(3)23-16/h5-8H,4,9H2,1-3H3,(H,18,19,21). The lowest BCUT2D eigenvalue weighted by molar-refractivity contribution is -0.116. The Labute approximate surface area is 138 Å². The maximum Gasteiger partial charge on any atom is 0.254 e. The van der Waals surface area contributed by atoms with Crippen LogP contribution in [0.5, 0.6) is 0 Å². The summed E-state index contributed by atoms with van der Waals surface area (Å²) in [5, 5.41) is 3.22. The fourth-order valence-electron chi connectivity index (χ4n) is 1.96. The van der Waals surface area contributed by atoms with Crippen molar-refractivity contribution in [3.8, 4) is 0 Å². The number of nitrogens with zero attached hydrogens (tertiary/aromatic N) is 2. The van der Waals surface area contributed by atoms with E-state index in [-0.39, 0.29) is 18.4 Å². The van der Waals surface area contributed by atoms with E-state index in [0.29, 0.717) is 17.2 Å². The third kappa shape index (κ3) is 4.35. The maximum atomic E-state index is 12.9. The smallest absolute Gasteiger partial charge is 0.254 e. The van der Waals surface area contributed by atoms with E-state index >= 15 is 0 Å². The Morgan fingerprint density at radius 3 is 2.43 bits per heavy atom. The van der Waals surface area contributed by atoms with Crippen LogP contribution in [0.4, 0.5) is 9.52 Å². The van der Waals surface area contributed by atoms with Gasteiger partial charge in [-0.1, -0.05) is 0 Å². The summed E-state index contributed by atoms with van der Waals surface area (Å²) in [6, 6.07) is 5.27. The third-order valence-corrected chi connectivity index (χ3v) is 4.36. The van der Waals surface area contributed by atoms with Gasteiger partial charge in [0.05, 0.1) is 5.69 Å². The van der Waals surface area contributed by atoms with Crippen molar-refractivity contribution in [2.24, 2.45) is 0 Å². The minimum absolute atomic E-state index is 0.0790. The monoisotopic (exact) mass is 335 g/mol. The van der Waals surface area contributed by atoms with Crippen LogP contribution >= 0.6 is 11.3 Å². The van der Waals surface area contributed by atoms with Gasteiger partial charge in [0.1, 0.15) is 12.4 Å². The minimum atomic E-state index is -0.406. The molecule has 2 rings (SSSR count). The molecule has 0 fully saturated rings. The first-order valence-corrected chi connectivity index (χ1v) is 8.01. The number of anilines is 1. The molecule has 0 aliphatic rings. The maximum absolute atomic E-state index is 12.9. The summed E-state index contributed by atoms with van der Waals surface area (Å²) >= 11 is 1.40. The molecule has 0 spiro atoms. The summed E-state index contributed by atoms with van der Waals surface area (Å²) in [6.45, 7) is 5.88. The molecule has 0 bridgehead atoms. The van der Waals surface area contributed by atoms with Gasteiger partial charge in [-0.05, 0) is 45.0 Å². The second-order valence-corrected chi connectivity index (χ2v) is 6.24. The molecule has 2 aromatic rings. The van der Waals surface area contributed by atoms with Gasteiger partial charge in [-0.3, -0.25) is 9.59 Å². The molecule has 5 nitrogen and oxygen atoms in total. The predicted molar refractivity (Wildman–Crippen MR) is 88.2 cm³/mol. The lowest BCUT2D eigenvalue weighted by Gasteiger charge is -2.20. The summed E-state index contributed by atoms with van der Waals surface area (Å²) in [4.78, 5) is 31.1. The number of hydrogen-bond donors (Lipinski definition) is 1. The topological polar surface area (TPSA) is 62.3 Å². The molecule has 1 heterocycles. The number of aromatic nitrogens is 1. The SMILES string of the molecule is CCN(CC(=O)Nc1nc(C)c(C)s1)C(=O)c1ccc(F)cc1. The molecule has 0 unspecified atom stereocenters. The Bertz CT molecular complexity index is 693. The van der Waals surface area contributed by atoms with Crippen molar-refractivity contribution in [1.82, 2.24) is 9.88 Å². The summed E-state index contributed by atoms with van der Waals surface area (Å²) < 4.78 is 12.9. The number of carbonyl (C=O) groups excluding carboxylic acids is 2. The zero-order valence-corrected chi connectivity index (χ0v) is 14.0. The lowest BCUT2D eigenvalue weighted by Crippen LogP contribution is -2.37. The first-order chi connectivity index (χ1) is 10.9. The highest BCUT2D eigenvalue weighted by molar-refractivity contribution is 7.15. The van der Waals surface area contributed by atoms with E-state index in [0.717, 1.165) is 10.6 Å². The average molecular weight is 335 g/mol. The zero-order valence-electron chi connectivity index (χ0n) is 13.2. The van der Waals surface area contributed by atoms with Gasteiger partial charge >= 0.3 is 0 Å². The van der Waals surface area contributed by atoms with Crippen molar-refractivity contribution in [3.05, 3.63) is 46.2 Å². The molecule has 2 amide bonds. The van der Waals surface area contributed by atoms with Gasteiger partial charge in [0.2, 0.25) is 5.91 Å². The molecule has 0 atom stereocenters. The number of likely N-dealkylation sites (N-methyl/N-ethyl adjacent to an activating group) is 1. The van der Waals surface area contributed by atoms with Gasteiger partial charge in [0, 0.05) is 17.0 Å². The van der Waals surface area contributed by atoms with Crippen molar-refractivity contribution in [2.45, 2.75) is 20.8 Å². The molecule has 122 valence electrons. The molecule has 7 heteroatoms. The van der Waals surface area contributed by atoms with E-state index in [4.69, 9.17) is 0 Å². The first kappa shape index (κ1) is 17.1. The van der Waals surface area contributed by atoms with Gasteiger partial charge in [-0.25, -0.2) is 9.37 Å². The third-order valence-electron chi connectivity index (χ3n) is 3.37.